The fourth-order valence-electron chi connectivity index (χ4n) is 2.98. The highest BCUT2D eigenvalue weighted by Crippen LogP contribution is 2.31. The summed E-state index contributed by atoms with van der Waals surface area (Å²) in [5.74, 6) is -0.183. The molecule has 0 bridgehead atoms. The quantitative estimate of drug-likeness (QED) is 0.243. The lowest BCUT2D eigenvalue weighted by atomic mass is 10.2. The van der Waals surface area contributed by atoms with E-state index in [4.69, 9.17) is 34.8 Å². The van der Waals surface area contributed by atoms with Gasteiger partial charge in [0.1, 0.15) is 0 Å². The molecule has 0 aliphatic heterocycles. The van der Waals surface area contributed by atoms with Crippen LogP contribution in [0.5, 0.6) is 0 Å². The molecule has 30 heavy (non-hydrogen) atoms. The number of rotatable bonds is 6. The summed E-state index contributed by atoms with van der Waals surface area (Å²) in [5.41, 5.74) is 6.21. The van der Waals surface area contributed by atoms with Crippen LogP contribution in [0.3, 0.4) is 0 Å². The number of aromatic nitrogens is 1. The van der Waals surface area contributed by atoms with E-state index < -0.39 is 0 Å². The molecule has 0 aliphatic rings. The third-order valence-corrected chi connectivity index (χ3v) is 6.69. The van der Waals surface area contributed by atoms with Gasteiger partial charge in [-0.25, -0.2) is 5.43 Å². The van der Waals surface area contributed by atoms with Gasteiger partial charge in [0.2, 0.25) is 0 Å². The van der Waals surface area contributed by atoms with E-state index in [0.29, 0.717) is 15.1 Å². The van der Waals surface area contributed by atoms with Gasteiger partial charge in [0.15, 0.2) is 0 Å². The van der Waals surface area contributed by atoms with Crippen molar-refractivity contribution in [1.29, 1.82) is 0 Å². The highest BCUT2D eigenvalue weighted by molar-refractivity contribution is 8.00. The summed E-state index contributed by atoms with van der Waals surface area (Å²) in [6, 6.07) is 14.9. The minimum absolute atomic E-state index is 0.183. The zero-order chi connectivity index (χ0) is 21.8. The van der Waals surface area contributed by atoms with Crippen LogP contribution in [0.25, 0.3) is 5.69 Å². The van der Waals surface area contributed by atoms with Gasteiger partial charge in [-0.05, 0) is 63.2 Å². The van der Waals surface area contributed by atoms with Gasteiger partial charge in [-0.3, -0.25) is 4.79 Å². The van der Waals surface area contributed by atoms with Gasteiger partial charge < -0.3 is 4.57 Å². The number of hydrogen-bond acceptors (Lipinski definition) is 3. The van der Waals surface area contributed by atoms with Crippen LogP contribution in [0.4, 0.5) is 0 Å². The number of hydrogen-bond donors (Lipinski definition) is 1. The molecular formula is C22H20Cl3N3OS. The van der Waals surface area contributed by atoms with Crippen molar-refractivity contribution in [2.24, 2.45) is 5.10 Å². The van der Waals surface area contributed by atoms with Gasteiger partial charge in [-0.2, -0.15) is 5.10 Å². The van der Waals surface area contributed by atoms with E-state index in [1.165, 1.54) is 11.8 Å². The van der Waals surface area contributed by atoms with E-state index in [1.54, 1.807) is 24.4 Å². The number of thioether (sulfide) groups is 1. The predicted octanol–water partition coefficient (Wildman–Crippen LogP) is 6.69. The van der Waals surface area contributed by atoms with E-state index in [2.05, 4.69) is 10.5 Å². The van der Waals surface area contributed by atoms with Crippen molar-refractivity contribution in [3.8, 4) is 5.69 Å². The summed E-state index contributed by atoms with van der Waals surface area (Å²) >= 11 is 19.9. The Balaban J connectivity index is 1.70. The van der Waals surface area contributed by atoms with Crippen molar-refractivity contribution in [3.05, 3.63) is 80.6 Å². The van der Waals surface area contributed by atoms with Crippen LogP contribution in [0, 0.1) is 13.8 Å². The first-order valence-electron chi connectivity index (χ1n) is 9.16. The molecule has 1 amide bonds. The third-order valence-electron chi connectivity index (χ3n) is 4.52. The monoisotopic (exact) mass is 479 g/mol. The maximum absolute atomic E-state index is 12.4. The summed E-state index contributed by atoms with van der Waals surface area (Å²) in [4.78, 5) is 13.3. The Bertz CT molecular complexity index is 1090. The highest BCUT2D eigenvalue weighted by atomic mass is 35.5. The number of nitrogens with zero attached hydrogens (tertiary/aromatic N) is 2. The minimum Gasteiger partial charge on any atom is -0.316 e. The molecule has 0 spiro atoms. The molecule has 1 N–H and O–H groups in total. The van der Waals surface area contributed by atoms with Crippen LogP contribution < -0.4 is 5.43 Å². The second-order valence-electron chi connectivity index (χ2n) is 6.68. The van der Waals surface area contributed by atoms with Gasteiger partial charge in [0.05, 0.1) is 27.2 Å². The topological polar surface area (TPSA) is 46.4 Å². The lowest BCUT2D eigenvalue weighted by molar-refractivity contribution is -0.120. The molecule has 1 aromatic heterocycles. The molecule has 1 heterocycles. The fraction of sp³-hybridized carbons (Fsp3) is 0.182. The molecule has 2 aromatic carbocycles. The van der Waals surface area contributed by atoms with Crippen molar-refractivity contribution in [2.45, 2.75) is 30.9 Å². The zero-order valence-corrected chi connectivity index (χ0v) is 19.7. The van der Waals surface area contributed by atoms with Gasteiger partial charge in [-0.15, -0.1) is 11.8 Å². The molecule has 0 radical (unpaired) electrons. The van der Waals surface area contributed by atoms with Gasteiger partial charge in [0, 0.05) is 26.9 Å². The number of hydrazone groups is 1. The first kappa shape index (κ1) is 22.8. The first-order valence-corrected chi connectivity index (χ1v) is 11.2. The maximum atomic E-state index is 12.4. The smallest absolute Gasteiger partial charge is 0.253 e. The second-order valence-corrected chi connectivity index (χ2v) is 9.32. The summed E-state index contributed by atoms with van der Waals surface area (Å²) < 4.78 is 2.01. The molecule has 3 aromatic rings. The van der Waals surface area contributed by atoms with E-state index in [-0.39, 0.29) is 11.2 Å². The van der Waals surface area contributed by atoms with Crippen molar-refractivity contribution >= 4 is 58.7 Å². The van der Waals surface area contributed by atoms with Crippen molar-refractivity contribution in [3.63, 3.8) is 0 Å². The minimum atomic E-state index is -0.305. The maximum Gasteiger partial charge on any atom is 0.253 e. The summed E-state index contributed by atoms with van der Waals surface area (Å²) in [6.45, 7) is 5.77. The predicted molar refractivity (Wildman–Crippen MR) is 128 cm³/mol. The SMILES string of the molecule is Cc1cc(/C=N\NC(=O)[C@@H](C)Sc2ccc(Cl)cc2)c(C)n1-c1cccc(Cl)c1Cl. The third kappa shape index (κ3) is 5.22. The molecule has 0 fully saturated rings. The molecule has 0 saturated carbocycles. The van der Waals surface area contributed by atoms with Gasteiger partial charge >= 0.3 is 0 Å². The average Bonchev–Trinajstić information content (AvgIpc) is 2.99. The summed E-state index contributed by atoms with van der Waals surface area (Å²) in [5, 5.41) is 5.48. The molecule has 0 saturated heterocycles. The first-order chi connectivity index (χ1) is 14.3. The molecule has 8 heteroatoms. The Hall–Kier alpha value is -1.92. The Kier molecular flexibility index (Phi) is 7.53. The van der Waals surface area contributed by atoms with Crippen LogP contribution in [0.2, 0.25) is 15.1 Å². The Morgan fingerprint density at radius 2 is 1.83 bits per heavy atom. The Morgan fingerprint density at radius 1 is 1.13 bits per heavy atom. The van der Waals surface area contributed by atoms with E-state index in [0.717, 1.165) is 27.5 Å². The van der Waals surface area contributed by atoms with E-state index in [9.17, 15) is 4.79 Å². The van der Waals surface area contributed by atoms with Crippen molar-refractivity contribution in [2.75, 3.05) is 0 Å². The molecular weight excluding hydrogens is 461 g/mol. The normalized spacial score (nSPS) is 12.3. The van der Waals surface area contributed by atoms with Gasteiger partial charge in [0.25, 0.3) is 5.91 Å². The lowest BCUT2D eigenvalue weighted by Gasteiger charge is -2.12. The molecule has 4 nitrogen and oxygen atoms in total. The molecule has 1 atom stereocenters. The summed E-state index contributed by atoms with van der Waals surface area (Å²) in [6.07, 6.45) is 1.63. The summed E-state index contributed by atoms with van der Waals surface area (Å²) in [7, 11) is 0. The van der Waals surface area contributed by atoms with Crippen LogP contribution in [-0.4, -0.2) is 21.9 Å². The lowest BCUT2D eigenvalue weighted by Crippen LogP contribution is -2.26. The number of nitrogens with one attached hydrogen (secondary N) is 1. The number of carbonyl (C=O) groups excluding carboxylic acids is 1. The van der Waals surface area contributed by atoms with Crippen molar-refractivity contribution in [1.82, 2.24) is 9.99 Å². The molecule has 3 rings (SSSR count). The highest BCUT2D eigenvalue weighted by Gasteiger charge is 2.15. The van der Waals surface area contributed by atoms with Crippen LogP contribution >= 0.6 is 46.6 Å². The number of benzene rings is 2. The van der Waals surface area contributed by atoms with E-state index in [1.807, 2.05) is 55.7 Å². The molecule has 0 aliphatic carbocycles. The Morgan fingerprint density at radius 3 is 2.53 bits per heavy atom. The molecule has 156 valence electrons. The van der Waals surface area contributed by atoms with E-state index >= 15 is 0 Å². The van der Waals surface area contributed by atoms with Crippen LogP contribution in [-0.2, 0) is 4.79 Å². The van der Waals surface area contributed by atoms with Crippen LogP contribution in [0.1, 0.15) is 23.9 Å². The Labute approximate surface area is 195 Å². The van der Waals surface area contributed by atoms with Gasteiger partial charge in [-0.1, -0.05) is 40.9 Å². The number of aryl methyl sites for hydroxylation is 1. The van der Waals surface area contributed by atoms with Crippen molar-refractivity contribution < 1.29 is 4.79 Å². The fourth-order valence-corrected chi connectivity index (χ4v) is 4.35. The average molecular weight is 481 g/mol. The number of halogens is 3. The van der Waals surface area contributed by atoms with Crippen LogP contribution in [0.15, 0.2) is 58.5 Å². The number of amides is 1. The molecule has 0 unspecified atom stereocenters. The zero-order valence-electron chi connectivity index (χ0n) is 16.6. The second kappa shape index (κ2) is 9.92. The largest absolute Gasteiger partial charge is 0.316 e. The number of carbonyl (C=O) groups is 1. The standard InChI is InChI=1S/C22H20Cl3N3OS/c1-13-11-16(14(2)28(13)20-6-4-5-19(24)21(20)25)12-26-27-22(29)15(3)30-18-9-7-17(23)8-10-18/h4-12,15H,1-3H3,(H,27,29)/b26-12-/t15-/m1/s1.